The second kappa shape index (κ2) is 6.73. The summed E-state index contributed by atoms with van der Waals surface area (Å²) in [6, 6.07) is 6.31. The zero-order chi connectivity index (χ0) is 14.4. The minimum Gasteiger partial charge on any atom is -0.479 e. The molecule has 0 saturated carbocycles. The molecule has 100 valence electrons. The Bertz CT molecular complexity index is 539. The Morgan fingerprint density at radius 1 is 1.58 bits per heavy atom. The van der Waals surface area contributed by atoms with Gasteiger partial charge in [-0.25, -0.2) is 4.79 Å². The van der Waals surface area contributed by atoms with Crippen molar-refractivity contribution in [2.75, 3.05) is 11.9 Å². The molecule has 19 heavy (non-hydrogen) atoms. The fourth-order valence-corrected chi connectivity index (χ4v) is 1.38. The van der Waals surface area contributed by atoms with E-state index in [1.54, 1.807) is 0 Å². The third-order valence-corrected chi connectivity index (χ3v) is 2.50. The number of anilines is 1. The third kappa shape index (κ3) is 4.58. The molecule has 0 radical (unpaired) electrons. The number of nitrogens with zero attached hydrogens (tertiary/aromatic N) is 1. The molecule has 7 heteroatoms. The van der Waals surface area contributed by atoms with Crippen LogP contribution in [0.1, 0.15) is 12.5 Å². The Morgan fingerprint density at radius 2 is 2.26 bits per heavy atom. The second-order valence-corrected chi connectivity index (χ2v) is 4.05. The summed E-state index contributed by atoms with van der Waals surface area (Å²) in [5.74, 6) is -1.65. The first kappa shape index (κ1) is 15.0. The lowest BCUT2D eigenvalue weighted by Crippen LogP contribution is -2.26. The maximum Gasteiger partial charge on any atom is 0.332 e. The van der Waals surface area contributed by atoms with Gasteiger partial charge in [-0.3, -0.25) is 4.79 Å². The lowest BCUT2D eigenvalue weighted by atomic mass is 10.2. The Morgan fingerprint density at radius 3 is 2.79 bits per heavy atom. The third-order valence-electron chi connectivity index (χ3n) is 2.19. The van der Waals surface area contributed by atoms with Crippen LogP contribution < -0.4 is 5.32 Å². The first-order valence-corrected chi connectivity index (χ1v) is 5.65. The van der Waals surface area contributed by atoms with Crippen molar-refractivity contribution >= 4 is 29.2 Å². The monoisotopic (exact) mass is 282 g/mol. The summed E-state index contributed by atoms with van der Waals surface area (Å²) in [5, 5.41) is 20.0. The molecular formula is C12H11ClN2O4. The molecule has 0 fully saturated rings. The van der Waals surface area contributed by atoms with Crippen LogP contribution >= 0.6 is 11.6 Å². The second-order valence-electron chi connectivity index (χ2n) is 3.65. The standard InChI is InChI=1S/C12H11ClN2O4/c1-7(12(17)18)19-6-11(16)15-9-3-2-8(5-14)10(13)4-9/h2-4,7H,6H2,1H3,(H,15,16)(H,17,18)/t7-/m1/s1. The number of aliphatic carboxylic acids is 1. The Balaban J connectivity index is 2.56. The molecule has 2 N–H and O–H groups in total. The van der Waals surface area contributed by atoms with Crippen LogP contribution in [0.2, 0.25) is 5.02 Å². The minimum absolute atomic E-state index is 0.222. The van der Waals surface area contributed by atoms with E-state index in [4.69, 9.17) is 26.7 Å². The van der Waals surface area contributed by atoms with Crippen molar-refractivity contribution in [3.63, 3.8) is 0 Å². The summed E-state index contributed by atoms with van der Waals surface area (Å²) in [7, 11) is 0. The van der Waals surface area contributed by atoms with Gasteiger partial charge < -0.3 is 15.2 Å². The van der Waals surface area contributed by atoms with Crippen molar-refractivity contribution in [1.29, 1.82) is 5.26 Å². The number of ether oxygens (including phenoxy) is 1. The largest absolute Gasteiger partial charge is 0.479 e. The summed E-state index contributed by atoms with van der Waals surface area (Å²) in [6.45, 7) is 0.944. The number of hydrogen-bond acceptors (Lipinski definition) is 4. The van der Waals surface area contributed by atoms with E-state index < -0.39 is 18.0 Å². The maximum atomic E-state index is 11.5. The van der Waals surface area contributed by atoms with Gasteiger partial charge in [0.25, 0.3) is 0 Å². The molecule has 0 heterocycles. The molecule has 1 aromatic carbocycles. The van der Waals surface area contributed by atoms with Gasteiger partial charge in [-0.1, -0.05) is 11.6 Å². The molecule has 0 unspecified atom stereocenters. The molecule has 0 saturated heterocycles. The molecule has 0 aromatic heterocycles. The van der Waals surface area contributed by atoms with E-state index in [-0.39, 0.29) is 11.6 Å². The van der Waals surface area contributed by atoms with E-state index in [0.717, 1.165) is 0 Å². The van der Waals surface area contributed by atoms with Gasteiger partial charge in [-0.2, -0.15) is 5.26 Å². The number of nitriles is 1. The number of amides is 1. The highest BCUT2D eigenvalue weighted by Crippen LogP contribution is 2.20. The van der Waals surface area contributed by atoms with Crippen LogP contribution in [-0.2, 0) is 14.3 Å². The summed E-state index contributed by atoms with van der Waals surface area (Å²) < 4.78 is 4.82. The number of nitrogens with one attached hydrogen (secondary N) is 1. The van der Waals surface area contributed by atoms with Crippen LogP contribution in [0.3, 0.4) is 0 Å². The molecule has 0 spiro atoms. The number of carbonyl (C=O) groups is 2. The first-order valence-electron chi connectivity index (χ1n) is 5.28. The molecule has 0 aliphatic rings. The number of carbonyl (C=O) groups excluding carboxylic acids is 1. The smallest absolute Gasteiger partial charge is 0.332 e. The molecule has 1 aromatic rings. The van der Waals surface area contributed by atoms with E-state index in [1.165, 1.54) is 25.1 Å². The molecule has 0 bridgehead atoms. The van der Waals surface area contributed by atoms with Crippen LogP contribution in [0.25, 0.3) is 0 Å². The fraction of sp³-hybridized carbons (Fsp3) is 0.250. The van der Waals surface area contributed by atoms with E-state index in [1.807, 2.05) is 6.07 Å². The van der Waals surface area contributed by atoms with E-state index >= 15 is 0 Å². The predicted octanol–water partition coefficient (Wildman–Crippen LogP) is 1.64. The van der Waals surface area contributed by atoms with Crippen LogP contribution in [0.4, 0.5) is 5.69 Å². The van der Waals surface area contributed by atoms with Crippen LogP contribution in [0, 0.1) is 11.3 Å². The zero-order valence-electron chi connectivity index (χ0n) is 10.0. The van der Waals surface area contributed by atoms with Crippen molar-refractivity contribution in [2.24, 2.45) is 0 Å². The van der Waals surface area contributed by atoms with Gasteiger partial charge in [0, 0.05) is 5.69 Å². The summed E-state index contributed by atoms with van der Waals surface area (Å²) in [6.07, 6.45) is -1.06. The molecular weight excluding hydrogens is 272 g/mol. The van der Waals surface area contributed by atoms with Gasteiger partial charge in [0.1, 0.15) is 12.7 Å². The van der Waals surface area contributed by atoms with Crippen LogP contribution in [-0.4, -0.2) is 29.7 Å². The van der Waals surface area contributed by atoms with Crippen molar-refractivity contribution in [1.82, 2.24) is 0 Å². The van der Waals surface area contributed by atoms with Crippen molar-refractivity contribution in [2.45, 2.75) is 13.0 Å². The van der Waals surface area contributed by atoms with Gasteiger partial charge >= 0.3 is 5.97 Å². The van der Waals surface area contributed by atoms with Crippen LogP contribution in [0.5, 0.6) is 0 Å². The number of carboxylic acid groups (broad SMARTS) is 1. The van der Waals surface area contributed by atoms with Gasteiger partial charge in [-0.05, 0) is 25.1 Å². The van der Waals surface area contributed by atoms with Crippen molar-refractivity contribution in [3.8, 4) is 6.07 Å². The number of hydrogen-bond donors (Lipinski definition) is 2. The minimum atomic E-state index is -1.14. The molecule has 0 aliphatic heterocycles. The lowest BCUT2D eigenvalue weighted by molar-refractivity contribution is -0.150. The molecule has 0 aliphatic carbocycles. The lowest BCUT2D eigenvalue weighted by Gasteiger charge is -2.09. The van der Waals surface area contributed by atoms with Gasteiger partial charge in [0.05, 0.1) is 10.6 Å². The Kier molecular flexibility index (Phi) is 5.30. The quantitative estimate of drug-likeness (QED) is 0.855. The SMILES string of the molecule is C[C@@H](OCC(=O)Nc1ccc(C#N)c(Cl)c1)C(=O)O. The molecule has 1 amide bonds. The van der Waals surface area contributed by atoms with E-state index in [2.05, 4.69) is 5.32 Å². The number of benzene rings is 1. The first-order chi connectivity index (χ1) is 8.93. The predicted molar refractivity (Wildman–Crippen MR) is 67.8 cm³/mol. The highest BCUT2D eigenvalue weighted by atomic mass is 35.5. The van der Waals surface area contributed by atoms with E-state index in [9.17, 15) is 9.59 Å². The number of halogens is 1. The highest BCUT2D eigenvalue weighted by molar-refractivity contribution is 6.32. The number of rotatable bonds is 5. The van der Waals surface area contributed by atoms with E-state index in [0.29, 0.717) is 11.3 Å². The summed E-state index contributed by atoms with van der Waals surface area (Å²) in [5.41, 5.74) is 0.705. The highest BCUT2D eigenvalue weighted by Gasteiger charge is 2.13. The van der Waals surface area contributed by atoms with Crippen molar-refractivity contribution < 1.29 is 19.4 Å². The summed E-state index contributed by atoms with van der Waals surface area (Å²) >= 11 is 5.80. The fourth-order valence-electron chi connectivity index (χ4n) is 1.15. The zero-order valence-corrected chi connectivity index (χ0v) is 10.8. The Labute approximate surface area is 114 Å². The average molecular weight is 283 g/mol. The Hall–Kier alpha value is -2.10. The number of carboxylic acids is 1. The molecule has 1 rings (SSSR count). The average Bonchev–Trinajstić information content (AvgIpc) is 2.36. The van der Waals surface area contributed by atoms with Gasteiger partial charge in [0.15, 0.2) is 6.10 Å². The molecule has 1 atom stereocenters. The van der Waals surface area contributed by atoms with Gasteiger partial charge in [0.2, 0.25) is 5.91 Å². The van der Waals surface area contributed by atoms with Crippen LogP contribution in [0.15, 0.2) is 18.2 Å². The van der Waals surface area contributed by atoms with Crippen molar-refractivity contribution in [3.05, 3.63) is 28.8 Å². The summed E-state index contributed by atoms with van der Waals surface area (Å²) in [4.78, 5) is 21.9. The topological polar surface area (TPSA) is 99.4 Å². The molecule has 6 nitrogen and oxygen atoms in total. The van der Waals surface area contributed by atoms with Gasteiger partial charge in [-0.15, -0.1) is 0 Å². The maximum absolute atomic E-state index is 11.5. The normalized spacial score (nSPS) is 11.4.